The summed E-state index contributed by atoms with van der Waals surface area (Å²) in [6.45, 7) is 3.11. The van der Waals surface area contributed by atoms with Gasteiger partial charge >= 0.3 is 0 Å². The van der Waals surface area contributed by atoms with E-state index >= 15 is 0 Å². The van der Waals surface area contributed by atoms with E-state index in [0.717, 1.165) is 12.2 Å². The molecule has 0 spiro atoms. The van der Waals surface area contributed by atoms with Crippen LogP contribution in [0.15, 0.2) is 30.6 Å². The number of nitrogens with zero attached hydrogens (tertiary/aromatic N) is 5. The molecular weight excluding hydrogens is 330 g/mol. The summed E-state index contributed by atoms with van der Waals surface area (Å²) in [4.78, 5) is 30.6. The maximum atomic E-state index is 12.9. The Morgan fingerprint density at radius 2 is 2.27 bits per heavy atom. The van der Waals surface area contributed by atoms with Gasteiger partial charge in [-0.1, -0.05) is 0 Å². The van der Waals surface area contributed by atoms with Crippen LogP contribution in [0.4, 0.5) is 5.82 Å². The second kappa shape index (κ2) is 6.44. The molecule has 3 aromatic rings. The molecule has 4 rings (SSSR count). The van der Waals surface area contributed by atoms with Gasteiger partial charge in [-0.15, -0.1) is 0 Å². The second-order valence-corrected chi connectivity index (χ2v) is 6.30. The Bertz CT molecular complexity index is 1000. The number of fused-ring (bicyclic) bond motifs is 1. The topological polar surface area (TPSA) is 111 Å². The summed E-state index contributed by atoms with van der Waals surface area (Å²) in [7, 11) is 0. The van der Waals surface area contributed by atoms with Gasteiger partial charge in [-0.2, -0.15) is 5.26 Å². The van der Waals surface area contributed by atoms with Crippen molar-refractivity contribution in [3.63, 3.8) is 0 Å². The van der Waals surface area contributed by atoms with Crippen LogP contribution >= 0.6 is 0 Å². The maximum absolute atomic E-state index is 12.9. The van der Waals surface area contributed by atoms with Gasteiger partial charge in [-0.3, -0.25) is 4.79 Å². The minimum absolute atomic E-state index is 0.0295. The quantitative estimate of drug-likeness (QED) is 0.748. The lowest BCUT2D eigenvalue weighted by Crippen LogP contribution is -2.31. The number of aromatic amines is 1. The van der Waals surface area contributed by atoms with Crippen LogP contribution in [0.3, 0.4) is 0 Å². The van der Waals surface area contributed by atoms with E-state index in [0.29, 0.717) is 41.2 Å². The molecule has 0 bridgehead atoms. The van der Waals surface area contributed by atoms with E-state index in [4.69, 9.17) is 5.26 Å². The highest BCUT2D eigenvalue weighted by Crippen LogP contribution is 2.20. The van der Waals surface area contributed by atoms with Gasteiger partial charge in [0, 0.05) is 31.5 Å². The summed E-state index contributed by atoms with van der Waals surface area (Å²) in [5.74, 6) is 1.41. The van der Waals surface area contributed by atoms with Gasteiger partial charge in [0.05, 0.1) is 16.6 Å². The van der Waals surface area contributed by atoms with Gasteiger partial charge in [-0.25, -0.2) is 15.0 Å². The van der Waals surface area contributed by atoms with Crippen molar-refractivity contribution in [3.8, 4) is 6.07 Å². The van der Waals surface area contributed by atoms with Crippen LogP contribution in [0.5, 0.6) is 0 Å². The van der Waals surface area contributed by atoms with Crippen LogP contribution in [0.2, 0.25) is 0 Å². The third kappa shape index (κ3) is 2.95. The number of carbonyl (C=O) groups excluding carboxylic acids is 1. The van der Waals surface area contributed by atoms with Crippen molar-refractivity contribution in [2.24, 2.45) is 0 Å². The van der Waals surface area contributed by atoms with Crippen LogP contribution in [0, 0.1) is 18.3 Å². The molecular formula is C18H17N7O. The number of pyridine rings is 2. The molecule has 1 aliphatic heterocycles. The van der Waals surface area contributed by atoms with Crippen LogP contribution in [-0.4, -0.2) is 49.9 Å². The number of nitrogens with one attached hydrogen (secondary N) is 2. The summed E-state index contributed by atoms with van der Waals surface area (Å²) in [5, 5.41) is 12.2. The molecule has 1 saturated heterocycles. The summed E-state index contributed by atoms with van der Waals surface area (Å²) in [6, 6.07) is 7.40. The molecule has 1 amide bonds. The van der Waals surface area contributed by atoms with E-state index in [2.05, 4.69) is 25.3 Å². The first-order chi connectivity index (χ1) is 12.6. The predicted octanol–water partition coefficient (Wildman–Crippen LogP) is 1.86. The van der Waals surface area contributed by atoms with Crippen molar-refractivity contribution in [1.29, 1.82) is 5.26 Å². The standard InChI is InChI=1S/C18H17N7O/c1-11-22-16-14(4-6-20-17(16)23-11)18(26)25-7-5-13(10-25)24-15-3-2-12(8-19)9-21-15/h2-4,6,9,13H,5,7,10H2,1H3,(H,21,24)(H,20,22,23). The van der Waals surface area contributed by atoms with E-state index in [9.17, 15) is 4.79 Å². The number of nitriles is 1. The largest absolute Gasteiger partial charge is 0.365 e. The van der Waals surface area contributed by atoms with Crippen molar-refractivity contribution >= 4 is 22.9 Å². The third-order valence-corrected chi connectivity index (χ3v) is 4.46. The van der Waals surface area contributed by atoms with Crippen LogP contribution in [0.1, 0.15) is 28.2 Å². The SMILES string of the molecule is Cc1nc2nccc(C(=O)N3CCC(Nc4ccc(C#N)cn4)C3)c2[nH]1. The Morgan fingerprint density at radius 1 is 1.38 bits per heavy atom. The van der Waals surface area contributed by atoms with Gasteiger partial charge < -0.3 is 15.2 Å². The average molecular weight is 347 g/mol. The van der Waals surface area contributed by atoms with Gasteiger partial charge in [-0.05, 0) is 31.5 Å². The minimum atomic E-state index is -0.0295. The number of anilines is 1. The fourth-order valence-electron chi connectivity index (χ4n) is 3.19. The molecule has 1 unspecified atom stereocenters. The molecule has 8 heteroatoms. The van der Waals surface area contributed by atoms with Crippen LogP contribution in [-0.2, 0) is 0 Å². The highest BCUT2D eigenvalue weighted by molar-refractivity contribution is 6.04. The Morgan fingerprint density at radius 3 is 3.04 bits per heavy atom. The van der Waals surface area contributed by atoms with Gasteiger partial charge in [0.2, 0.25) is 0 Å². The Kier molecular flexibility index (Phi) is 3.97. The zero-order valence-corrected chi connectivity index (χ0v) is 14.2. The summed E-state index contributed by atoms with van der Waals surface area (Å²) < 4.78 is 0. The number of imidazole rings is 1. The van der Waals surface area contributed by atoms with E-state index in [1.807, 2.05) is 17.9 Å². The van der Waals surface area contributed by atoms with E-state index in [1.165, 1.54) is 6.20 Å². The lowest BCUT2D eigenvalue weighted by Gasteiger charge is -2.17. The molecule has 1 aliphatic rings. The van der Waals surface area contributed by atoms with Crippen molar-refractivity contribution in [2.45, 2.75) is 19.4 Å². The van der Waals surface area contributed by atoms with Gasteiger partial charge in [0.15, 0.2) is 5.65 Å². The van der Waals surface area contributed by atoms with Crippen LogP contribution < -0.4 is 5.32 Å². The molecule has 8 nitrogen and oxygen atoms in total. The molecule has 0 radical (unpaired) electrons. The van der Waals surface area contributed by atoms with Crippen LogP contribution in [0.25, 0.3) is 11.2 Å². The molecule has 130 valence electrons. The molecule has 1 fully saturated rings. The maximum Gasteiger partial charge on any atom is 0.256 e. The molecule has 26 heavy (non-hydrogen) atoms. The van der Waals surface area contributed by atoms with Gasteiger partial charge in [0.25, 0.3) is 5.91 Å². The molecule has 0 aromatic carbocycles. The number of aryl methyl sites for hydroxylation is 1. The summed E-state index contributed by atoms with van der Waals surface area (Å²) in [6.07, 6.45) is 3.99. The zero-order valence-electron chi connectivity index (χ0n) is 14.2. The number of amides is 1. The molecule has 0 aliphatic carbocycles. The summed E-state index contributed by atoms with van der Waals surface area (Å²) >= 11 is 0. The predicted molar refractivity (Wildman–Crippen MR) is 95.5 cm³/mol. The Hall–Kier alpha value is -3.47. The molecule has 0 saturated carbocycles. The van der Waals surface area contributed by atoms with E-state index < -0.39 is 0 Å². The molecule has 1 atom stereocenters. The number of likely N-dealkylation sites (tertiary alicyclic amines) is 1. The Balaban J connectivity index is 1.47. The molecule has 4 heterocycles. The normalized spacial score (nSPS) is 16.6. The first-order valence-electron chi connectivity index (χ1n) is 8.37. The minimum Gasteiger partial charge on any atom is -0.365 e. The molecule has 2 N–H and O–H groups in total. The van der Waals surface area contributed by atoms with Crippen molar-refractivity contribution in [3.05, 3.63) is 47.5 Å². The smallest absolute Gasteiger partial charge is 0.256 e. The highest BCUT2D eigenvalue weighted by atomic mass is 16.2. The van der Waals surface area contributed by atoms with Crippen molar-refractivity contribution in [1.82, 2.24) is 24.8 Å². The van der Waals surface area contributed by atoms with Gasteiger partial charge in [0.1, 0.15) is 17.7 Å². The number of aromatic nitrogens is 4. The first-order valence-corrected chi connectivity index (χ1v) is 8.37. The van der Waals surface area contributed by atoms with E-state index in [1.54, 1.807) is 24.4 Å². The van der Waals surface area contributed by atoms with E-state index in [-0.39, 0.29) is 11.9 Å². The number of hydrogen-bond acceptors (Lipinski definition) is 6. The average Bonchev–Trinajstić information content (AvgIpc) is 3.27. The second-order valence-electron chi connectivity index (χ2n) is 6.30. The number of H-pyrrole nitrogens is 1. The lowest BCUT2D eigenvalue weighted by atomic mass is 10.2. The fraction of sp³-hybridized carbons (Fsp3) is 0.278. The first kappa shape index (κ1) is 16.0. The summed E-state index contributed by atoms with van der Waals surface area (Å²) in [5.41, 5.74) is 2.35. The monoisotopic (exact) mass is 347 g/mol. The van der Waals surface area contributed by atoms with Crippen molar-refractivity contribution < 1.29 is 4.79 Å². The number of carbonyl (C=O) groups is 1. The third-order valence-electron chi connectivity index (χ3n) is 4.46. The lowest BCUT2D eigenvalue weighted by molar-refractivity contribution is 0.0793. The molecule has 3 aromatic heterocycles. The highest BCUT2D eigenvalue weighted by Gasteiger charge is 2.28. The van der Waals surface area contributed by atoms with Crippen molar-refractivity contribution in [2.75, 3.05) is 18.4 Å². The number of hydrogen-bond donors (Lipinski definition) is 2. The zero-order chi connectivity index (χ0) is 18.1. The Labute approximate surface area is 149 Å². The number of rotatable bonds is 3. The fourth-order valence-corrected chi connectivity index (χ4v) is 3.19.